The first-order valence-electron chi connectivity index (χ1n) is 12.5. The van der Waals surface area contributed by atoms with Crippen molar-refractivity contribution < 1.29 is 4.79 Å². The van der Waals surface area contributed by atoms with Crippen LogP contribution in [0.25, 0.3) is 16.8 Å². The van der Waals surface area contributed by atoms with Crippen LogP contribution in [0.4, 0.5) is 5.69 Å². The van der Waals surface area contributed by atoms with Gasteiger partial charge in [-0.1, -0.05) is 56.0 Å². The van der Waals surface area contributed by atoms with E-state index in [4.69, 9.17) is 10.7 Å². The fraction of sp³-hybridized carbons (Fsp3) is 0.379. The van der Waals surface area contributed by atoms with Gasteiger partial charge in [0.2, 0.25) is 5.91 Å². The van der Waals surface area contributed by atoms with E-state index in [-0.39, 0.29) is 5.91 Å². The summed E-state index contributed by atoms with van der Waals surface area (Å²) in [5.74, 6) is 0.681. The molecule has 1 saturated heterocycles. The second-order valence-corrected chi connectivity index (χ2v) is 9.65. The van der Waals surface area contributed by atoms with Gasteiger partial charge in [-0.15, -0.1) is 0 Å². The second kappa shape index (κ2) is 9.13. The molecule has 2 aliphatic heterocycles. The first-order valence-corrected chi connectivity index (χ1v) is 12.5. The summed E-state index contributed by atoms with van der Waals surface area (Å²) < 4.78 is 0. The number of hydrogen-bond donors (Lipinski definition) is 1. The molecule has 1 saturated carbocycles. The molecule has 0 unspecified atom stereocenters. The maximum absolute atomic E-state index is 13.2. The van der Waals surface area contributed by atoms with Crippen LogP contribution in [0.3, 0.4) is 0 Å². The van der Waals surface area contributed by atoms with Crippen LogP contribution in [-0.2, 0) is 11.3 Å². The summed E-state index contributed by atoms with van der Waals surface area (Å²) in [5.41, 5.74) is 12.5. The van der Waals surface area contributed by atoms with Crippen LogP contribution in [0.5, 0.6) is 0 Å². The largest absolute Gasteiger partial charge is 0.385 e. The Morgan fingerprint density at radius 2 is 1.79 bits per heavy atom. The topological polar surface area (TPSA) is 61.9 Å². The minimum absolute atomic E-state index is 0.114. The minimum atomic E-state index is -0.409. The SMILES string of the molecule is C=C(c1ccc(-c2ccc3c(c2)CN(C(=O)C/C=C/CC)C2(CC2)C(N)=N3)cc1)N1CCCC1. The lowest BCUT2D eigenvalue weighted by Crippen LogP contribution is -2.48. The van der Waals surface area contributed by atoms with E-state index in [2.05, 4.69) is 54.8 Å². The number of amidine groups is 1. The zero-order valence-corrected chi connectivity index (χ0v) is 20.1. The normalized spacial score (nSPS) is 18.7. The predicted molar refractivity (Wildman–Crippen MR) is 140 cm³/mol. The molecule has 0 radical (unpaired) electrons. The van der Waals surface area contributed by atoms with Gasteiger partial charge >= 0.3 is 0 Å². The Morgan fingerprint density at radius 1 is 1.09 bits per heavy atom. The molecule has 0 bridgehead atoms. The van der Waals surface area contributed by atoms with Crippen molar-refractivity contribution in [1.82, 2.24) is 9.80 Å². The number of amides is 1. The number of carbonyl (C=O) groups excluding carboxylic acids is 1. The van der Waals surface area contributed by atoms with Crippen molar-refractivity contribution in [3.63, 3.8) is 0 Å². The van der Waals surface area contributed by atoms with Crippen molar-refractivity contribution in [2.75, 3.05) is 13.1 Å². The highest BCUT2D eigenvalue weighted by molar-refractivity contribution is 5.99. The Kier molecular flexibility index (Phi) is 6.03. The van der Waals surface area contributed by atoms with Gasteiger partial charge in [0, 0.05) is 31.8 Å². The molecule has 5 nitrogen and oxygen atoms in total. The second-order valence-electron chi connectivity index (χ2n) is 9.65. The summed E-state index contributed by atoms with van der Waals surface area (Å²) in [6.07, 6.45) is 9.60. The van der Waals surface area contributed by atoms with Crippen LogP contribution < -0.4 is 5.73 Å². The molecule has 2 fully saturated rings. The van der Waals surface area contributed by atoms with Gasteiger partial charge in [0.1, 0.15) is 11.4 Å². The van der Waals surface area contributed by atoms with Crippen LogP contribution in [0, 0.1) is 0 Å². The zero-order valence-electron chi connectivity index (χ0n) is 20.1. The van der Waals surface area contributed by atoms with Crippen LogP contribution in [0.2, 0.25) is 0 Å². The molecule has 0 aromatic heterocycles. The molecule has 34 heavy (non-hydrogen) atoms. The van der Waals surface area contributed by atoms with Crippen molar-refractivity contribution in [3.05, 3.63) is 72.3 Å². The van der Waals surface area contributed by atoms with Crippen LogP contribution in [0.15, 0.2) is 66.2 Å². The van der Waals surface area contributed by atoms with Gasteiger partial charge in [-0.3, -0.25) is 4.79 Å². The number of aliphatic imine (C=N–C) groups is 1. The molecule has 5 rings (SSSR count). The highest BCUT2D eigenvalue weighted by Gasteiger charge is 2.54. The van der Waals surface area contributed by atoms with Gasteiger partial charge in [0.15, 0.2) is 0 Å². The highest BCUT2D eigenvalue weighted by Crippen LogP contribution is 2.46. The number of likely N-dealkylation sites (tertiary alicyclic amines) is 1. The van der Waals surface area contributed by atoms with E-state index in [0.717, 1.165) is 60.4 Å². The number of carbonyl (C=O) groups is 1. The average Bonchev–Trinajstić information content (AvgIpc) is 3.50. The van der Waals surface area contributed by atoms with Crippen LogP contribution in [-0.4, -0.2) is 40.2 Å². The summed E-state index contributed by atoms with van der Waals surface area (Å²) >= 11 is 0. The molecule has 5 heteroatoms. The molecular weight excluding hydrogens is 420 g/mol. The molecule has 2 aromatic rings. The Bertz CT molecular complexity index is 1150. The van der Waals surface area contributed by atoms with E-state index in [9.17, 15) is 4.79 Å². The standard InChI is InChI=1S/C29H34N4O/c1-3-4-5-8-27(34)33-20-25-19-24(13-14-26(25)31-28(30)29(33)15-16-29)23-11-9-22(10-12-23)21(2)32-17-6-7-18-32/h4-5,9-14,19H,2-3,6-8,15-18,20H2,1H3,(H2,30,31)/b5-4+. The number of allylic oxidation sites excluding steroid dienone is 1. The lowest BCUT2D eigenvalue weighted by atomic mass is 9.99. The van der Waals surface area contributed by atoms with Crippen LogP contribution in [0.1, 0.15) is 56.6 Å². The third kappa shape index (κ3) is 4.15. The molecule has 2 N–H and O–H groups in total. The van der Waals surface area contributed by atoms with Crippen molar-refractivity contribution in [1.29, 1.82) is 0 Å². The number of hydrogen-bond acceptors (Lipinski definition) is 4. The van der Waals surface area contributed by atoms with E-state index in [1.54, 1.807) is 0 Å². The Labute approximate surface area is 202 Å². The van der Waals surface area contributed by atoms with Gasteiger partial charge in [0.25, 0.3) is 0 Å². The zero-order chi connectivity index (χ0) is 23.7. The molecule has 2 heterocycles. The van der Waals surface area contributed by atoms with E-state index in [1.807, 2.05) is 23.1 Å². The molecule has 0 atom stereocenters. The molecule has 3 aliphatic rings. The molecule has 1 amide bonds. The van der Waals surface area contributed by atoms with Crippen molar-refractivity contribution in [3.8, 4) is 11.1 Å². The van der Waals surface area contributed by atoms with Crippen molar-refractivity contribution in [2.45, 2.75) is 57.5 Å². The van der Waals surface area contributed by atoms with Gasteiger partial charge in [-0.2, -0.15) is 0 Å². The Balaban J connectivity index is 1.41. The number of nitrogens with zero attached hydrogens (tertiary/aromatic N) is 3. The Morgan fingerprint density at radius 3 is 2.47 bits per heavy atom. The van der Waals surface area contributed by atoms with Gasteiger partial charge < -0.3 is 15.5 Å². The summed E-state index contributed by atoms with van der Waals surface area (Å²) in [5, 5.41) is 0. The third-order valence-electron chi connectivity index (χ3n) is 7.40. The van der Waals surface area contributed by atoms with Crippen LogP contribution >= 0.6 is 0 Å². The quantitative estimate of drug-likeness (QED) is 0.575. The maximum atomic E-state index is 13.2. The van der Waals surface area contributed by atoms with Gasteiger partial charge in [-0.25, -0.2) is 4.99 Å². The van der Waals surface area contributed by atoms with E-state index < -0.39 is 5.54 Å². The van der Waals surface area contributed by atoms with Gasteiger partial charge in [-0.05, 0) is 66.5 Å². The first kappa shape index (κ1) is 22.5. The minimum Gasteiger partial charge on any atom is -0.385 e. The van der Waals surface area contributed by atoms with Gasteiger partial charge in [0.05, 0.1) is 5.69 Å². The van der Waals surface area contributed by atoms with E-state index >= 15 is 0 Å². The third-order valence-corrected chi connectivity index (χ3v) is 7.40. The fourth-order valence-electron chi connectivity index (χ4n) is 5.15. The van der Waals surface area contributed by atoms with Crippen molar-refractivity contribution >= 4 is 23.1 Å². The predicted octanol–water partition coefficient (Wildman–Crippen LogP) is 5.64. The summed E-state index contributed by atoms with van der Waals surface area (Å²) in [6.45, 7) is 9.12. The lowest BCUT2D eigenvalue weighted by Gasteiger charge is -2.30. The van der Waals surface area contributed by atoms with Crippen molar-refractivity contribution in [2.24, 2.45) is 10.7 Å². The average molecular weight is 455 g/mol. The highest BCUT2D eigenvalue weighted by atomic mass is 16.2. The lowest BCUT2D eigenvalue weighted by molar-refractivity contribution is -0.132. The molecular formula is C29H34N4O. The molecule has 176 valence electrons. The monoisotopic (exact) mass is 454 g/mol. The van der Waals surface area contributed by atoms with E-state index in [1.165, 1.54) is 18.4 Å². The number of benzene rings is 2. The Hall–Kier alpha value is -3.34. The molecule has 2 aromatic carbocycles. The number of fused-ring (bicyclic) bond motifs is 1. The number of nitrogens with two attached hydrogens (primary N) is 1. The smallest absolute Gasteiger partial charge is 0.227 e. The first-order chi connectivity index (χ1) is 16.5. The summed E-state index contributed by atoms with van der Waals surface area (Å²) in [6, 6.07) is 14.9. The number of rotatable bonds is 6. The van der Waals surface area contributed by atoms with E-state index in [0.29, 0.717) is 18.8 Å². The fourth-order valence-corrected chi connectivity index (χ4v) is 5.15. The molecule has 1 spiro atoms. The molecule has 1 aliphatic carbocycles. The maximum Gasteiger partial charge on any atom is 0.227 e. The summed E-state index contributed by atoms with van der Waals surface area (Å²) in [7, 11) is 0. The summed E-state index contributed by atoms with van der Waals surface area (Å²) in [4.78, 5) is 22.3.